The average Bonchev–Trinajstić information content (AvgIpc) is 2.95. The SMILES string of the molecule is CC(C)c1nccc(C[C@@H]2[C@@H](CO)[C@H](O)C[C@H]2NCC2CCCCC2)n1. The minimum absolute atomic E-state index is 0.0373. The van der Waals surface area contributed by atoms with E-state index in [2.05, 4.69) is 24.1 Å². The summed E-state index contributed by atoms with van der Waals surface area (Å²) in [6.45, 7) is 5.27. The maximum Gasteiger partial charge on any atom is 0.131 e. The number of nitrogens with zero attached hydrogens (tertiary/aromatic N) is 2. The number of aliphatic hydroxyl groups is 2. The molecule has 26 heavy (non-hydrogen) atoms. The Labute approximate surface area is 157 Å². The predicted octanol–water partition coefficient (Wildman–Crippen LogP) is 2.67. The maximum absolute atomic E-state index is 10.5. The Morgan fingerprint density at radius 1 is 1.19 bits per heavy atom. The standard InChI is InChI=1S/C21H35N3O2/c1-14(2)21-22-9-8-16(24-21)10-17-18(13-25)20(26)11-19(17)23-12-15-6-4-3-5-7-15/h8-9,14-15,17-20,23,25-26H,3-7,10-13H2,1-2H3/t17-,18-,19-,20-/m1/s1. The molecule has 0 spiro atoms. The van der Waals surface area contributed by atoms with Gasteiger partial charge in [-0.25, -0.2) is 9.97 Å². The summed E-state index contributed by atoms with van der Waals surface area (Å²) in [5.41, 5.74) is 1.02. The summed E-state index contributed by atoms with van der Waals surface area (Å²) in [6.07, 6.45) is 9.63. The minimum Gasteiger partial charge on any atom is -0.396 e. The Kier molecular flexibility index (Phi) is 7.01. The quantitative estimate of drug-likeness (QED) is 0.696. The second kappa shape index (κ2) is 9.25. The van der Waals surface area contributed by atoms with Gasteiger partial charge < -0.3 is 15.5 Å². The van der Waals surface area contributed by atoms with E-state index in [9.17, 15) is 10.2 Å². The molecule has 0 unspecified atom stereocenters. The molecule has 0 aromatic carbocycles. The lowest BCUT2D eigenvalue weighted by atomic mass is 9.87. The number of nitrogens with one attached hydrogen (secondary N) is 1. The predicted molar refractivity (Wildman–Crippen MR) is 103 cm³/mol. The van der Waals surface area contributed by atoms with Crippen molar-refractivity contribution in [3.05, 3.63) is 23.8 Å². The van der Waals surface area contributed by atoms with Crippen LogP contribution in [-0.2, 0) is 6.42 Å². The van der Waals surface area contributed by atoms with Gasteiger partial charge in [0.25, 0.3) is 0 Å². The third kappa shape index (κ3) is 4.81. The molecule has 0 amide bonds. The Morgan fingerprint density at radius 2 is 1.96 bits per heavy atom. The Morgan fingerprint density at radius 3 is 2.65 bits per heavy atom. The van der Waals surface area contributed by atoms with Crippen LogP contribution in [-0.4, -0.2) is 45.5 Å². The zero-order valence-electron chi connectivity index (χ0n) is 16.3. The van der Waals surface area contributed by atoms with Gasteiger partial charge in [-0.3, -0.25) is 0 Å². The van der Waals surface area contributed by atoms with Crippen molar-refractivity contribution in [2.24, 2.45) is 17.8 Å². The fourth-order valence-electron chi connectivity index (χ4n) is 4.73. The third-order valence-electron chi connectivity index (χ3n) is 6.35. The fraction of sp³-hybridized carbons (Fsp3) is 0.810. The van der Waals surface area contributed by atoms with Gasteiger partial charge in [0.15, 0.2) is 0 Å². The lowest BCUT2D eigenvalue weighted by molar-refractivity contribution is 0.0715. The van der Waals surface area contributed by atoms with Crippen molar-refractivity contribution in [2.45, 2.75) is 76.9 Å². The Bertz CT molecular complexity index is 560. The molecule has 0 aliphatic heterocycles. The van der Waals surface area contributed by atoms with Crippen molar-refractivity contribution in [3.63, 3.8) is 0 Å². The van der Waals surface area contributed by atoms with Gasteiger partial charge in [0.1, 0.15) is 5.82 Å². The van der Waals surface area contributed by atoms with Crippen LogP contribution in [0, 0.1) is 17.8 Å². The molecule has 2 saturated carbocycles. The van der Waals surface area contributed by atoms with Crippen LogP contribution in [0.3, 0.4) is 0 Å². The zero-order valence-corrected chi connectivity index (χ0v) is 16.3. The number of aromatic nitrogens is 2. The van der Waals surface area contributed by atoms with Gasteiger partial charge in [-0.2, -0.15) is 0 Å². The third-order valence-corrected chi connectivity index (χ3v) is 6.35. The van der Waals surface area contributed by atoms with Crippen LogP contribution in [0.4, 0.5) is 0 Å². The van der Waals surface area contributed by atoms with Crippen molar-refractivity contribution in [1.82, 2.24) is 15.3 Å². The molecule has 2 aliphatic carbocycles. The average molecular weight is 362 g/mol. The number of aliphatic hydroxyl groups excluding tert-OH is 2. The van der Waals surface area contributed by atoms with Crippen molar-refractivity contribution in [2.75, 3.05) is 13.2 Å². The largest absolute Gasteiger partial charge is 0.396 e. The van der Waals surface area contributed by atoms with Gasteiger partial charge in [-0.05, 0) is 50.1 Å². The van der Waals surface area contributed by atoms with E-state index in [0.717, 1.165) is 36.8 Å². The summed E-state index contributed by atoms with van der Waals surface area (Å²) in [7, 11) is 0. The van der Waals surface area contributed by atoms with Crippen molar-refractivity contribution >= 4 is 0 Å². The van der Waals surface area contributed by atoms with Gasteiger partial charge in [0, 0.05) is 36.4 Å². The molecule has 5 nitrogen and oxygen atoms in total. The summed E-state index contributed by atoms with van der Waals surface area (Å²) >= 11 is 0. The summed E-state index contributed by atoms with van der Waals surface area (Å²) in [4.78, 5) is 9.07. The Balaban J connectivity index is 1.66. The summed E-state index contributed by atoms with van der Waals surface area (Å²) in [5.74, 6) is 2.08. The normalized spacial score (nSPS) is 30.2. The summed E-state index contributed by atoms with van der Waals surface area (Å²) in [5, 5.41) is 24.0. The molecule has 1 aromatic heterocycles. The smallest absolute Gasteiger partial charge is 0.131 e. The number of hydrogen-bond donors (Lipinski definition) is 3. The van der Waals surface area contributed by atoms with E-state index in [1.54, 1.807) is 0 Å². The highest BCUT2D eigenvalue weighted by Crippen LogP contribution is 2.35. The molecule has 2 fully saturated rings. The first-order chi connectivity index (χ1) is 12.6. The molecular weight excluding hydrogens is 326 g/mol. The molecule has 5 heteroatoms. The summed E-state index contributed by atoms with van der Waals surface area (Å²) < 4.78 is 0. The lowest BCUT2D eigenvalue weighted by Gasteiger charge is -2.28. The zero-order chi connectivity index (χ0) is 18.5. The molecule has 1 heterocycles. The van der Waals surface area contributed by atoms with E-state index in [1.807, 2.05) is 12.3 Å². The van der Waals surface area contributed by atoms with E-state index < -0.39 is 6.10 Å². The first kappa shape index (κ1) is 19.7. The first-order valence-corrected chi connectivity index (χ1v) is 10.4. The monoisotopic (exact) mass is 361 g/mol. The van der Waals surface area contributed by atoms with Crippen LogP contribution in [0.15, 0.2) is 12.3 Å². The topological polar surface area (TPSA) is 78.3 Å². The van der Waals surface area contributed by atoms with Crippen molar-refractivity contribution in [3.8, 4) is 0 Å². The van der Waals surface area contributed by atoms with E-state index in [-0.39, 0.29) is 24.5 Å². The molecule has 1 aromatic rings. The second-order valence-electron chi connectivity index (χ2n) is 8.60. The summed E-state index contributed by atoms with van der Waals surface area (Å²) in [6, 6.07) is 2.23. The highest BCUT2D eigenvalue weighted by atomic mass is 16.3. The molecule has 2 aliphatic rings. The number of rotatable bonds is 7. The van der Waals surface area contributed by atoms with Gasteiger partial charge in [-0.15, -0.1) is 0 Å². The van der Waals surface area contributed by atoms with Crippen molar-refractivity contribution < 1.29 is 10.2 Å². The maximum atomic E-state index is 10.5. The van der Waals surface area contributed by atoms with Gasteiger partial charge in [-0.1, -0.05) is 33.1 Å². The van der Waals surface area contributed by atoms with Crippen LogP contribution in [0.5, 0.6) is 0 Å². The van der Waals surface area contributed by atoms with Crippen LogP contribution in [0.1, 0.15) is 69.8 Å². The second-order valence-corrected chi connectivity index (χ2v) is 8.60. The van der Waals surface area contributed by atoms with Gasteiger partial charge in [0.2, 0.25) is 0 Å². The highest BCUT2D eigenvalue weighted by molar-refractivity contribution is 5.09. The van der Waals surface area contributed by atoms with Crippen LogP contribution in [0.25, 0.3) is 0 Å². The van der Waals surface area contributed by atoms with Crippen LogP contribution >= 0.6 is 0 Å². The van der Waals surface area contributed by atoms with E-state index in [1.165, 1.54) is 32.1 Å². The first-order valence-electron chi connectivity index (χ1n) is 10.4. The van der Waals surface area contributed by atoms with Gasteiger partial charge in [0.05, 0.1) is 6.10 Å². The highest BCUT2D eigenvalue weighted by Gasteiger charge is 2.42. The minimum atomic E-state index is -0.430. The van der Waals surface area contributed by atoms with Gasteiger partial charge >= 0.3 is 0 Å². The molecule has 4 atom stereocenters. The molecule has 3 rings (SSSR count). The van der Waals surface area contributed by atoms with E-state index in [4.69, 9.17) is 4.98 Å². The number of hydrogen-bond acceptors (Lipinski definition) is 5. The lowest BCUT2D eigenvalue weighted by Crippen LogP contribution is -2.39. The van der Waals surface area contributed by atoms with Crippen LogP contribution < -0.4 is 5.32 Å². The van der Waals surface area contributed by atoms with E-state index in [0.29, 0.717) is 5.92 Å². The molecule has 146 valence electrons. The Hall–Kier alpha value is -1.04. The molecule has 0 bridgehead atoms. The fourth-order valence-corrected chi connectivity index (χ4v) is 4.73. The van der Waals surface area contributed by atoms with Crippen molar-refractivity contribution in [1.29, 1.82) is 0 Å². The molecule has 0 radical (unpaired) electrons. The molecule has 3 N–H and O–H groups in total. The van der Waals surface area contributed by atoms with Crippen LogP contribution in [0.2, 0.25) is 0 Å². The molecular formula is C21H35N3O2. The van der Waals surface area contributed by atoms with E-state index >= 15 is 0 Å². The molecule has 0 saturated heterocycles.